The van der Waals surface area contributed by atoms with Gasteiger partial charge in [-0.15, -0.1) is 0 Å². The van der Waals surface area contributed by atoms with Gasteiger partial charge in [-0.05, 0) is 55.0 Å². The average Bonchev–Trinajstić information content (AvgIpc) is 2.88. The van der Waals surface area contributed by atoms with Crippen LogP contribution in [0.4, 0.5) is 0 Å². The molecule has 36 heavy (non-hydrogen) atoms. The lowest BCUT2D eigenvalue weighted by Crippen LogP contribution is -2.57. The van der Waals surface area contributed by atoms with Crippen molar-refractivity contribution in [3.05, 3.63) is 128 Å². The van der Waals surface area contributed by atoms with Gasteiger partial charge in [0.25, 0.3) is 0 Å². The summed E-state index contributed by atoms with van der Waals surface area (Å²) in [5, 5.41) is 9.64. The molecule has 0 aliphatic rings. The van der Waals surface area contributed by atoms with Crippen molar-refractivity contribution in [3.8, 4) is 11.8 Å². The number of nitriles is 1. The Labute approximate surface area is 212 Å². The fourth-order valence-corrected chi connectivity index (χ4v) is 3.44. The first-order valence-corrected chi connectivity index (χ1v) is 11.4. The molecule has 1 heterocycles. The molecule has 0 atom stereocenters. The second-order valence-corrected chi connectivity index (χ2v) is 7.92. The highest BCUT2D eigenvalue weighted by molar-refractivity contribution is 6.30. The van der Waals surface area contributed by atoms with Crippen molar-refractivity contribution in [3.63, 3.8) is 0 Å². The zero-order chi connectivity index (χ0) is 26.1. The molecule has 0 aliphatic heterocycles. The van der Waals surface area contributed by atoms with Crippen LogP contribution in [0.2, 0.25) is 5.02 Å². The summed E-state index contributed by atoms with van der Waals surface area (Å²) in [5.41, 5.74) is 0.1000. The van der Waals surface area contributed by atoms with Crippen LogP contribution in [-0.2, 0) is 13.1 Å². The molecular weight excluding hydrogens is 480 g/mol. The maximum absolute atomic E-state index is 13.0. The second kappa shape index (κ2) is 12.2. The lowest BCUT2D eigenvalue weighted by molar-refractivity contribution is 0.444. The molecule has 3 aromatic rings. The van der Waals surface area contributed by atoms with E-state index in [1.54, 1.807) is 79.8 Å². The van der Waals surface area contributed by atoms with Gasteiger partial charge < -0.3 is 10.6 Å². The van der Waals surface area contributed by atoms with Gasteiger partial charge in [-0.2, -0.15) is 9.94 Å². The van der Waals surface area contributed by atoms with E-state index in [2.05, 4.69) is 17.6 Å². The molecule has 2 aromatic carbocycles. The number of benzene rings is 2. The van der Waals surface area contributed by atoms with Crippen molar-refractivity contribution in [2.24, 2.45) is 4.99 Å². The number of rotatable bonds is 9. The molecule has 2 N–H and O–H groups in total. The van der Waals surface area contributed by atoms with Crippen LogP contribution in [0.15, 0.2) is 99.8 Å². The molecule has 0 unspecified atom stereocenters. The van der Waals surface area contributed by atoms with Gasteiger partial charge >= 0.3 is 11.4 Å². The number of allylic oxidation sites excluding steroid dienone is 3. The molecule has 0 saturated carbocycles. The van der Waals surface area contributed by atoms with Crippen molar-refractivity contribution >= 4 is 11.6 Å². The van der Waals surface area contributed by atoms with Crippen LogP contribution in [-0.4, -0.2) is 20.4 Å². The minimum absolute atomic E-state index is 0.0196. The summed E-state index contributed by atoms with van der Waals surface area (Å²) < 4.78 is 9.06. The number of hydrogen-bond donors (Lipinski definition) is 1. The highest BCUT2D eigenvalue weighted by Gasteiger charge is 2.12. The third kappa shape index (κ3) is 6.31. The predicted octanol–water partition coefficient (Wildman–Crippen LogP) is 2.72. The van der Waals surface area contributed by atoms with E-state index in [-0.39, 0.29) is 25.3 Å². The number of nitrogen functional groups attached to an aromatic ring is 1. The molecule has 10 heteroatoms. The maximum atomic E-state index is 13.0. The highest BCUT2D eigenvalue weighted by Crippen LogP contribution is 2.16. The Morgan fingerprint density at radius 2 is 1.94 bits per heavy atom. The predicted molar refractivity (Wildman–Crippen MR) is 139 cm³/mol. The van der Waals surface area contributed by atoms with E-state index in [1.807, 2.05) is 0 Å². The summed E-state index contributed by atoms with van der Waals surface area (Å²) in [7, 11) is 0. The Morgan fingerprint density at radius 3 is 2.61 bits per heavy atom. The monoisotopic (exact) mass is 504 g/mol. The van der Waals surface area contributed by atoms with Gasteiger partial charge in [-0.1, -0.05) is 48.5 Å². The highest BCUT2D eigenvalue weighted by atomic mass is 35.5. The van der Waals surface area contributed by atoms with Gasteiger partial charge in [-0.3, -0.25) is 4.57 Å². The van der Waals surface area contributed by atoms with Crippen molar-refractivity contribution in [1.29, 1.82) is 5.26 Å². The maximum Gasteiger partial charge on any atom is 0.353 e. The summed E-state index contributed by atoms with van der Waals surface area (Å²) in [6, 6.07) is 15.8. The first-order valence-electron chi connectivity index (χ1n) is 11.0. The molecule has 0 saturated heterocycles. The molecule has 0 bridgehead atoms. The Hall–Kier alpha value is -4.55. The van der Waals surface area contributed by atoms with Crippen LogP contribution < -0.4 is 27.6 Å². The zero-order valence-corrected chi connectivity index (χ0v) is 20.4. The van der Waals surface area contributed by atoms with Gasteiger partial charge in [0.1, 0.15) is 11.5 Å². The van der Waals surface area contributed by atoms with Crippen LogP contribution in [0.1, 0.15) is 18.1 Å². The number of nitrogens with two attached hydrogens (primary N) is 1. The molecule has 0 spiro atoms. The first kappa shape index (κ1) is 26.1. The van der Waals surface area contributed by atoms with E-state index in [0.29, 0.717) is 22.1 Å². The van der Waals surface area contributed by atoms with Crippen LogP contribution >= 0.6 is 11.6 Å². The summed E-state index contributed by atoms with van der Waals surface area (Å²) in [6.45, 7) is 5.79. The largest absolute Gasteiger partial charge is 0.457 e. The summed E-state index contributed by atoms with van der Waals surface area (Å²) in [6.07, 6.45) is 6.57. The standard InChI is InChI=1S/C26H25ClN6O3/c1-3-7-22(36-23-9-5-8-20(16-23)17-28)10-6-15-30-24-32(18-19-11-13-21(27)14-12-19)25(34)31(4-2)26(35)33(24)29/h3,5-14,16H,1,4,15,18,29H2,2H3/b10-6-,22-7+,30-24-. The topological polar surface area (TPSA) is 120 Å². The molecule has 9 nitrogen and oxygen atoms in total. The van der Waals surface area contributed by atoms with Crippen LogP contribution in [0.25, 0.3) is 0 Å². The summed E-state index contributed by atoms with van der Waals surface area (Å²) >= 11 is 5.97. The van der Waals surface area contributed by atoms with Crippen LogP contribution in [0.3, 0.4) is 0 Å². The van der Waals surface area contributed by atoms with Gasteiger partial charge in [0, 0.05) is 11.6 Å². The van der Waals surface area contributed by atoms with E-state index >= 15 is 0 Å². The molecule has 184 valence electrons. The number of nitrogens with zero attached hydrogens (tertiary/aromatic N) is 5. The summed E-state index contributed by atoms with van der Waals surface area (Å²) in [4.78, 5) is 30.0. The SMILES string of the molecule is C=C/C=C(\C=C/C/N=c1\n(N)c(=O)n(CC)c(=O)n1Cc1ccc(Cl)cc1)Oc1cccc(C#N)c1. The normalized spacial score (nSPS) is 12.0. The molecular formula is C26H25ClN6O3. The quantitative estimate of drug-likeness (QED) is 0.273. The van der Waals surface area contributed by atoms with E-state index in [4.69, 9.17) is 27.4 Å². The lowest BCUT2D eigenvalue weighted by Gasteiger charge is -2.13. The fraction of sp³-hybridized carbons (Fsp3) is 0.154. The fourth-order valence-electron chi connectivity index (χ4n) is 3.31. The van der Waals surface area contributed by atoms with Crippen LogP contribution in [0, 0.1) is 11.3 Å². The molecule has 0 aliphatic carbocycles. The lowest BCUT2D eigenvalue weighted by atomic mass is 10.2. The number of hydrogen-bond acceptors (Lipinski definition) is 6. The van der Waals surface area contributed by atoms with Gasteiger partial charge in [0.2, 0.25) is 5.62 Å². The van der Waals surface area contributed by atoms with Gasteiger partial charge in [-0.25, -0.2) is 19.1 Å². The molecule has 0 fully saturated rings. The van der Waals surface area contributed by atoms with Crippen molar-refractivity contribution in [2.75, 3.05) is 12.4 Å². The number of aromatic nitrogens is 3. The number of halogens is 1. The molecule has 3 rings (SSSR count). The average molecular weight is 505 g/mol. The zero-order valence-electron chi connectivity index (χ0n) is 19.7. The van der Waals surface area contributed by atoms with E-state index in [9.17, 15) is 9.59 Å². The Balaban J connectivity index is 1.94. The Bertz CT molecular complexity index is 1540. The van der Waals surface area contributed by atoms with E-state index < -0.39 is 11.4 Å². The van der Waals surface area contributed by atoms with Crippen LogP contribution in [0.5, 0.6) is 5.75 Å². The Morgan fingerprint density at radius 1 is 1.19 bits per heavy atom. The third-order valence-corrected chi connectivity index (χ3v) is 5.28. The minimum Gasteiger partial charge on any atom is -0.457 e. The second-order valence-electron chi connectivity index (χ2n) is 7.48. The first-order chi connectivity index (χ1) is 17.4. The van der Waals surface area contributed by atoms with Crippen molar-refractivity contribution in [2.45, 2.75) is 20.0 Å². The van der Waals surface area contributed by atoms with Crippen molar-refractivity contribution < 1.29 is 4.74 Å². The molecule has 1 aromatic heterocycles. The Kier molecular flexibility index (Phi) is 8.86. The number of ether oxygens (including phenoxy) is 1. The van der Waals surface area contributed by atoms with Gasteiger partial charge in [0.05, 0.1) is 24.7 Å². The minimum atomic E-state index is -0.662. The molecule has 0 amide bonds. The third-order valence-electron chi connectivity index (χ3n) is 5.03. The van der Waals surface area contributed by atoms with E-state index in [1.165, 1.54) is 4.57 Å². The van der Waals surface area contributed by atoms with Crippen molar-refractivity contribution in [1.82, 2.24) is 13.8 Å². The smallest absolute Gasteiger partial charge is 0.353 e. The van der Waals surface area contributed by atoms with E-state index in [0.717, 1.165) is 14.8 Å². The summed E-state index contributed by atoms with van der Waals surface area (Å²) in [5.74, 6) is 6.98. The molecule has 0 radical (unpaired) electrons. The van der Waals surface area contributed by atoms with Gasteiger partial charge in [0.15, 0.2) is 0 Å².